The number of nitrogens with zero attached hydrogens (tertiary/aromatic N) is 5. The molecule has 0 rings (SSSR count). The van der Waals surface area contributed by atoms with Crippen LogP contribution in [0.1, 0.15) is 32.6 Å². The summed E-state index contributed by atoms with van der Waals surface area (Å²) in [5.41, 5.74) is 0. The minimum atomic E-state index is -1.44. The van der Waals surface area contributed by atoms with Gasteiger partial charge in [0.15, 0.2) is 0 Å². The van der Waals surface area contributed by atoms with E-state index in [0.29, 0.717) is 6.42 Å². The fourth-order valence-electron chi connectivity index (χ4n) is 1.31. The number of rotatable bonds is 8. The van der Waals surface area contributed by atoms with E-state index in [9.17, 15) is 24.0 Å². The third-order valence-corrected chi connectivity index (χ3v) is 2.26. The van der Waals surface area contributed by atoms with Crippen molar-refractivity contribution >= 4 is 30.3 Å². The second kappa shape index (κ2) is 11.7. The van der Waals surface area contributed by atoms with Crippen molar-refractivity contribution in [2.75, 3.05) is 6.54 Å². The number of isocyanates is 3. The zero-order chi connectivity index (χ0) is 16.8. The molecule has 118 valence electrons. The van der Waals surface area contributed by atoms with Crippen molar-refractivity contribution in [3.05, 3.63) is 0 Å². The summed E-state index contributed by atoms with van der Waals surface area (Å²) in [7, 11) is 0. The van der Waals surface area contributed by atoms with Gasteiger partial charge in [0.25, 0.3) is 18.2 Å². The van der Waals surface area contributed by atoms with Gasteiger partial charge >= 0.3 is 12.1 Å². The van der Waals surface area contributed by atoms with Crippen LogP contribution in [0.4, 0.5) is 9.59 Å². The summed E-state index contributed by atoms with van der Waals surface area (Å²) in [5.74, 6) is 0. The zero-order valence-electron chi connectivity index (χ0n) is 11.8. The van der Waals surface area contributed by atoms with Crippen LogP contribution in [-0.4, -0.2) is 47.0 Å². The van der Waals surface area contributed by atoms with Gasteiger partial charge in [-0.3, -0.25) is 0 Å². The van der Waals surface area contributed by atoms with E-state index in [-0.39, 0.29) is 16.7 Å². The van der Waals surface area contributed by atoms with Crippen LogP contribution in [0.3, 0.4) is 0 Å². The Bertz CT molecular complexity index is 513. The van der Waals surface area contributed by atoms with E-state index in [1.807, 2.05) is 6.92 Å². The molecular formula is C11H14N6O5. The van der Waals surface area contributed by atoms with Crippen LogP contribution in [0.2, 0.25) is 0 Å². The van der Waals surface area contributed by atoms with E-state index < -0.39 is 12.1 Å². The number of imide groups is 1. The van der Waals surface area contributed by atoms with E-state index in [1.165, 1.54) is 0 Å². The molecule has 0 aliphatic rings. The van der Waals surface area contributed by atoms with Crippen molar-refractivity contribution in [2.45, 2.75) is 32.6 Å². The fraction of sp³-hybridized carbons (Fsp3) is 0.545. The van der Waals surface area contributed by atoms with Crippen LogP contribution in [0.25, 0.3) is 0 Å². The molecule has 0 aliphatic carbocycles. The molecule has 22 heavy (non-hydrogen) atoms. The van der Waals surface area contributed by atoms with Gasteiger partial charge in [0, 0.05) is 6.54 Å². The van der Waals surface area contributed by atoms with Gasteiger partial charge in [-0.1, -0.05) is 46.6 Å². The number of hydrazone groups is 3. The van der Waals surface area contributed by atoms with Crippen molar-refractivity contribution in [3.8, 4) is 0 Å². The maximum Gasteiger partial charge on any atom is 0.393 e. The van der Waals surface area contributed by atoms with Crippen molar-refractivity contribution in [1.29, 1.82) is 0 Å². The monoisotopic (exact) mass is 310 g/mol. The predicted octanol–water partition coefficient (Wildman–Crippen LogP) is 0.753. The van der Waals surface area contributed by atoms with E-state index in [1.54, 1.807) is 0 Å². The minimum absolute atomic E-state index is 0.0223. The summed E-state index contributed by atoms with van der Waals surface area (Å²) in [5, 5.41) is 10.7. The predicted molar refractivity (Wildman–Crippen MR) is 71.0 cm³/mol. The lowest BCUT2D eigenvalue weighted by molar-refractivity contribution is 0.157. The normalized spacial score (nSPS) is 8.59. The number of unbranched alkanes of at least 4 members (excludes halogenated alkanes) is 3. The average Bonchev–Trinajstić information content (AvgIpc) is 2.51. The van der Waals surface area contributed by atoms with E-state index >= 15 is 0 Å². The van der Waals surface area contributed by atoms with Crippen molar-refractivity contribution in [2.24, 2.45) is 15.3 Å². The number of amides is 4. The van der Waals surface area contributed by atoms with Gasteiger partial charge < -0.3 is 5.32 Å². The molecule has 0 aromatic heterocycles. The van der Waals surface area contributed by atoms with Crippen LogP contribution >= 0.6 is 0 Å². The second-order valence-electron chi connectivity index (χ2n) is 3.75. The molecule has 0 unspecified atom stereocenters. The first-order valence-corrected chi connectivity index (χ1v) is 6.27. The maximum absolute atomic E-state index is 11.8. The molecule has 0 atom stereocenters. The summed E-state index contributed by atoms with van der Waals surface area (Å²) < 4.78 is 0. The lowest BCUT2D eigenvalue weighted by atomic mass is 10.2. The van der Waals surface area contributed by atoms with Gasteiger partial charge in [-0.25, -0.2) is 24.0 Å². The zero-order valence-corrected chi connectivity index (χ0v) is 11.8. The summed E-state index contributed by atoms with van der Waals surface area (Å²) in [6, 6.07) is -2.50. The summed E-state index contributed by atoms with van der Waals surface area (Å²) >= 11 is 0. The lowest BCUT2D eigenvalue weighted by Crippen LogP contribution is -2.44. The lowest BCUT2D eigenvalue weighted by Gasteiger charge is -2.15. The summed E-state index contributed by atoms with van der Waals surface area (Å²) in [4.78, 5) is 54.0. The fourth-order valence-corrected chi connectivity index (χ4v) is 1.31. The molecule has 0 saturated heterocycles. The Morgan fingerprint density at radius 3 is 2.05 bits per heavy atom. The molecule has 0 aromatic carbocycles. The summed E-state index contributed by atoms with van der Waals surface area (Å²) in [6.45, 7) is 2.26. The Balaban J connectivity index is 4.85. The molecule has 11 heteroatoms. The van der Waals surface area contributed by atoms with Crippen LogP contribution in [-0.2, 0) is 14.4 Å². The topological polar surface area (TPSA) is 141 Å². The Morgan fingerprint density at radius 1 is 0.955 bits per heavy atom. The molecule has 11 nitrogen and oxygen atoms in total. The maximum atomic E-state index is 11.8. The largest absolute Gasteiger partial charge is 0.393 e. The Kier molecular flexibility index (Phi) is 10.0. The van der Waals surface area contributed by atoms with Crippen LogP contribution in [0.5, 0.6) is 0 Å². The number of urea groups is 2. The standard InChI is InChI=1S/C11H14N6O5/c1-2-3-4-5-6-12-10(21)16(13-7-18)11(22)17(14-8-19)15-9-20/h2-6H2,1H3,(H,12,21). The quantitative estimate of drug-likeness (QED) is 0.305. The number of hydrogen-bond donors (Lipinski definition) is 1. The first-order chi connectivity index (χ1) is 10.6. The van der Waals surface area contributed by atoms with Crippen molar-refractivity contribution in [1.82, 2.24) is 15.4 Å². The van der Waals surface area contributed by atoms with Crippen LogP contribution in [0, 0.1) is 0 Å². The first kappa shape index (κ1) is 18.9. The smallest absolute Gasteiger partial charge is 0.336 e. The molecular weight excluding hydrogens is 296 g/mol. The van der Waals surface area contributed by atoms with Gasteiger partial charge in [-0.15, -0.1) is 5.01 Å². The van der Waals surface area contributed by atoms with Gasteiger partial charge in [-0.05, 0) is 6.42 Å². The second-order valence-corrected chi connectivity index (χ2v) is 3.75. The molecule has 1 N–H and O–H groups in total. The number of carbonyl (C=O) groups is 2. The number of hydrogen-bond acceptors (Lipinski definition) is 8. The molecule has 4 amide bonds. The molecule has 0 spiro atoms. The average molecular weight is 310 g/mol. The molecule has 0 bridgehead atoms. The van der Waals surface area contributed by atoms with Gasteiger partial charge in [0.2, 0.25) is 0 Å². The highest BCUT2D eigenvalue weighted by atomic mass is 16.2. The number of nitrogens with one attached hydrogen (secondary N) is 1. The third kappa shape index (κ3) is 6.88. The third-order valence-electron chi connectivity index (χ3n) is 2.26. The van der Waals surface area contributed by atoms with E-state index in [2.05, 4.69) is 20.6 Å². The molecule has 0 aliphatic heterocycles. The van der Waals surface area contributed by atoms with Gasteiger partial charge in [-0.2, -0.15) is 0 Å². The molecule has 0 fully saturated rings. The van der Waals surface area contributed by atoms with E-state index in [0.717, 1.165) is 37.5 Å². The van der Waals surface area contributed by atoms with Gasteiger partial charge in [0.1, 0.15) is 0 Å². The Hall–Kier alpha value is -3.12. The SMILES string of the molecule is CCCCCCNC(=O)N(N=C=O)C(=O)N(N=C=O)N=C=O. The first-order valence-electron chi connectivity index (χ1n) is 6.27. The molecule has 0 heterocycles. The minimum Gasteiger partial charge on any atom is -0.336 e. The summed E-state index contributed by atoms with van der Waals surface area (Å²) in [6.07, 6.45) is 6.41. The van der Waals surface area contributed by atoms with Gasteiger partial charge in [0.05, 0.1) is 0 Å². The van der Waals surface area contributed by atoms with E-state index in [4.69, 9.17) is 0 Å². The molecule has 0 aromatic rings. The Labute approximate surface area is 125 Å². The van der Waals surface area contributed by atoms with Crippen molar-refractivity contribution < 1.29 is 24.0 Å². The number of carbonyl (C=O) groups excluding carboxylic acids is 5. The Morgan fingerprint density at radius 2 is 1.55 bits per heavy atom. The molecule has 0 saturated carbocycles. The van der Waals surface area contributed by atoms with Crippen molar-refractivity contribution in [3.63, 3.8) is 0 Å². The highest BCUT2D eigenvalue weighted by molar-refractivity contribution is 5.93. The highest BCUT2D eigenvalue weighted by Crippen LogP contribution is 2.02. The highest BCUT2D eigenvalue weighted by Gasteiger charge is 2.27. The van der Waals surface area contributed by atoms with Crippen LogP contribution < -0.4 is 5.32 Å². The van der Waals surface area contributed by atoms with Crippen LogP contribution in [0.15, 0.2) is 15.3 Å². The molecule has 0 radical (unpaired) electrons.